The first-order chi connectivity index (χ1) is 11.0. The maximum atomic E-state index is 12.3. The van der Waals surface area contributed by atoms with Crippen LogP contribution in [0.2, 0.25) is 0 Å². The number of carbonyl (C=O) groups excluding carboxylic acids is 2. The summed E-state index contributed by atoms with van der Waals surface area (Å²) < 4.78 is 0. The van der Waals surface area contributed by atoms with Crippen LogP contribution >= 0.6 is 12.4 Å². The third-order valence-electron chi connectivity index (χ3n) is 5.10. The molecule has 0 spiro atoms. The van der Waals surface area contributed by atoms with E-state index in [2.05, 4.69) is 5.32 Å². The summed E-state index contributed by atoms with van der Waals surface area (Å²) in [6.07, 6.45) is 2.61. The average molecular weight is 352 g/mol. The summed E-state index contributed by atoms with van der Waals surface area (Å²) in [6, 6.07) is 5.98. The van der Waals surface area contributed by atoms with Crippen LogP contribution in [-0.2, 0) is 9.59 Å². The predicted molar refractivity (Wildman–Crippen MR) is 97.3 cm³/mol. The molecule has 2 aliphatic rings. The van der Waals surface area contributed by atoms with Crippen LogP contribution < -0.4 is 16.0 Å². The number of rotatable bonds is 5. The van der Waals surface area contributed by atoms with Crippen LogP contribution in [0.3, 0.4) is 0 Å². The Kier molecular flexibility index (Phi) is 5.88. The number of halogens is 1. The van der Waals surface area contributed by atoms with E-state index in [9.17, 15) is 9.59 Å². The number of nitrogens with zero attached hydrogens (tertiary/aromatic N) is 1. The summed E-state index contributed by atoms with van der Waals surface area (Å²) in [5, 5.41) is 2.92. The van der Waals surface area contributed by atoms with Crippen molar-refractivity contribution in [1.82, 2.24) is 5.32 Å². The molecule has 1 aliphatic carbocycles. The molecule has 2 unspecified atom stereocenters. The van der Waals surface area contributed by atoms with E-state index in [1.54, 1.807) is 4.90 Å². The number of benzene rings is 1. The Morgan fingerprint density at radius 3 is 2.75 bits per heavy atom. The second kappa shape index (κ2) is 7.53. The molecule has 3 rings (SSSR count). The molecule has 2 atom stereocenters. The number of aryl methyl sites for hydroxylation is 1. The van der Waals surface area contributed by atoms with Crippen LogP contribution in [0.25, 0.3) is 0 Å². The number of amides is 2. The van der Waals surface area contributed by atoms with Gasteiger partial charge in [-0.05, 0) is 49.8 Å². The molecule has 1 aromatic rings. The fourth-order valence-corrected chi connectivity index (χ4v) is 3.20. The molecule has 0 radical (unpaired) electrons. The van der Waals surface area contributed by atoms with Gasteiger partial charge in [0.1, 0.15) is 0 Å². The lowest BCUT2D eigenvalue weighted by Crippen LogP contribution is -2.41. The lowest BCUT2D eigenvalue weighted by atomic mass is 10.1. The van der Waals surface area contributed by atoms with Gasteiger partial charge in [-0.2, -0.15) is 0 Å². The molecule has 5 nitrogen and oxygen atoms in total. The van der Waals surface area contributed by atoms with Crippen molar-refractivity contribution in [2.45, 2.75) is 39.2 Å². The molecule has 0 bridgehead atoms. The highest BCUT2D eigenvalue weighted by molar-refractivity contribution is 6.00. The van der Waals surface area contributed by atoms with Crippen molar-refractivity contribution >= 4 is 29.9 Å². The first kappa shape index (κ1) is 18.7. The van der Waals surface area contributed by atoms with Crippen LogP contribution in [0.15, 0.2) is 18.2 Å². The Morgan fingerprint density at radius 2 is 2.08 bits per heavy atom. The van der Waals surface area contributed by atoms with Crippen LogP contribution in [0.4, 0.5) is 5.69 Å². The molecule has 6 heteroatoms. The van der Waals surface area contributed by atoms with Gasteiger partial charge in [0.15, 0.2) is 0 Å². The van der Waals surface area contributed by atoms with Crippen molar-refractivity contribution in [3.05, 3.63) is 29.3 Å². The van der Waals surface area contributed by atoms with Gasteiger partial charge in [0.25, 0.3) is 0 Å². The predicted octanol–water partition coefficient (Wildman–Crippen LogP) is 1.93. The van der Waals surface area contributed by atoms with Crippen LogP contribution in [-0.4, -0.2) is 30.9 Å². The molecule has 2 fully saturated rings. The highest BCUT2D eigenvalue weighted by atomic mass is 35.5. The van der Waals surface area contributed by atoms with Crippen LogP contribution in [0.5, 0.6) is 0 Å². The van der Waals surface area contributed by atoms with Gasteiger partial charge in [0, 0.05) is 31.2 Å². The van der Waals surface area contributed by atoms with Crippen LogP contribution in [0.1, 0.15) is 30.4 Å². The molecule has 1 aliphatic heterocycles. The maximum Gasteiger partial charge on any atom is 0.227 e. The van der Waals surface area contributed by atoms with Crippen molar-refractivity contribution in [2.24, 2.45) is 17.6 Å². The van der Waals surface area contributed by atoms with E-state index in [0.717, 1.165) is 16.8 Å². The summed E-state index contributed by atoms with van der Waals surface area (Å²) >= 11 is 0. The number of carbonyl (C=O) groups is 2. The zero-order valence-corrected chi connectivity index (χ0v) is 15.1. The van der Waals surface area contributed by atoms with Gasteiger partial charge in [-0.15, -0.1) is 12.4 Å². The number of hydrogen-bond donors (Lipinski definition) is 2. The Morgan fingerprint density at radius 1 is 1.38 bits per heavy atom. The lowest BCUT2D eigenvalue weighted by molar-refractivity contribution is -0.126. The average Bonchev–Trinajstić information content (AvgIpc) is 3.30. The molecule has 1 saturated heterocycles. The van der Waals surface area contributed by atoms with E-state index < -0.39 is 0 Å². The molecule has 1 heterocycles. The van der Waals surface area contributed by atoms with E-state index in [4.69, 9.17) is 5.73 Å². The highest BCUT2D eigenvalue weighted by Crippen LogP contribution is 2.31. The standard InChI is InChI=1S/C18H25N3O2.ClH/c1-11-4-3-5-16(12(11)2)21-10-14(8-17(21)22)18(23)20-9-15(19)13-6-7-13;/h3-5,13-15H,6-10,19H2,1-2H3,(H,20,23);1H. The molecule has 24 heavy (non-hydrogen) atoms. The summed E-state index contributed by atoms with van der Waals surface area (Å²) in [6.45, 7) is 5.01. The van der Waals surface area contributed by atoms with Crippen LogP contribution in [0, 0.1) is 25.7 Å². The normalized spacial score (nSPS) is 21.4. The molecule has 1 aromatic carbocycles. The Balaban J connectivity index is 0.00000208. The van der Waals surface area contributed by atoms with Crippen molar-refractivity contribution in [2.75, 3.05) is 18.0 Å². The second-order valence-corrected chi connectivity index (χ2v) is 6.87. The van der Waals surface area contributed by atoms with Crippen molar-refractivity contribution in [3.63, 3.8) is 0 Å². The minimum Gasteiger partial charge on any atom is -0.354 e. The molecule has 2 amide bonds. The summed E-state index contributed by atoms with van der Waals surface area (Å²) in [5.74, 6) is 0.244. The first-order valence-electron chi connectivity index (χ1n) is 8.37. The third-order valence-corrected chi connectivity index (χ3v) is 5.10. The first-order valence-corrected chi connectivity index (χ1v) is 8.37. The Hall–Kier alpha value is -1.59. The van der Waals surface area contributed by atoms with Gasteiger partial charge < -0.3 is 16.0 Å². The van der Waals surface area contributed by atoms with Crippen molar-refractivity contribution < 1.29 is 9.59 Å². The lowest BCUT2D eigenvalue weighted by Gasteiger charge is -2.20. The van der Waals surface area contributed by atoms with E-state index in [1.165, 1.54) is 12.8 Å². The number of anilines is 1. The minimum atomic E-state index is -0.284. The molecule has 1 saturated carbocycles. The van der Waals surface area contributed by atoms with E-state index in [-0.39, 0.29) is 42.6 Å². The topological polar surface area (TPSA) is 75.4 Å². The Bertz CT molecular complexity index is 631. The smallest absolute Gasteiger partial charge is 0.227 e. The monoisotopic (exact) mass is 351 g/mol. The van der Waals surface area contributed by atoms with Gasteiger partial charge >= 0.3 is 0 Å². The third kappa shape index (κ3) is 3.90. The largest absolute Gasteiger partial charge is 0.354 e. The maximum absolute atomic E-state index is 12.3. The molecule has 3 N–H and O–H groups in total. The second-order valence-electron chi connectivity index (χ2n) is 6.87. The SMILES string of the molecule is Cc1cccc(N2CC(C(=O)NCC(N)C3CC3)CC2=O)c1C.Cl. The number of hydrogen-bond acceptors (Lipinski definition) is 3. The van der Waals surface area contributed by atoms with Crippen molar-refractivity contribution in [3.8, 4) is 0 Å². The quantitative estimate of drug-likeness (QED) is 0.851. The number of nitrogens with two attached hydrogens (primary N) is 1. The summed E-state index contributed by atoms with van der Waals surface area (Å²) in [4.78, 5) is 26.4. The minimum absolute atomic E-state index is 0. The molecule has 0 aromatic heterocycles. The molecular formula is C18H26ClN3O2. The van der Waals surface area contributed by atoms with E-state index in [1.807, 2.05) is 32.0 Å². The van der Waals surface area contributed by atoms with Crippen molar-refractivity contribution in [1.29, 1.82) is 0 Å². The fourth-order valence-electron chi connectivity index (χ4n) is 3.20. The van der Waals surface area contributed by atoms with Gasteiger partial charge in [0.2, 0.25) is 11.8 Å². The molecular weight excluding hydrogens is 326 g/mol. The zero-order chi connectivity index (χ0) is 16.6. The fraction of sp³-hybridized carbons (Fsp3) is 0.556. The molecule has 132 valence electrons. The van der Waals surface area contributed by atoms with Gasteiger partial charge in [-0.1, -0.05) is 12.1 Å². The summed E-state index contributed by atoms with van der Waals surface area (Å²) in [7, 11) is 0. The van der Waals surface area contributed by atoms with E-state index >= 15 is 0 Å². The Labute approximate surface area is 149 Å². The number of nitrogens with one attached hydrogen (secondary N) is 1. The van der Waals surface area contributed by atoms with Gasteiger partial charge in [-0.3, -0.25) is 9.59 Å². The van der Waals surface area contributed by atoms with Gasteiger partial charge in [0.05, 0.1) is 5.92 Å². The zero-order valence-electron chi connectivity index (χ0n) is 14.2. The van der Waals surface area contributed by atoms with E-state index in [0.29, 0.717) is 19.0 Å². The van der Waals surface area contributed by atoms with Gasteiger partial charge in [-0.25, -0.2) is 0 Å². The highest BCUT2D eigenvalue weighted by Gasteiger charge is 2.36. The summed E-state index contributed by atoms with van der Waals surface area (Å²) in [5.41, 5.74) is 9.18.